The van der Waals surface area contributed by atoms with Gasteiger partial charge in [-0.05, 0) is 47.7 Å². The third kappa shape index (κ3) is 4.73. The quantitative estimate of drug-likeness (QED) is 0.440. The van der Waals surface area contributed by atoms with Gasteiger partial charge in [-0.3, -0.25) is 9.69 Å². The fraction of sp³-hybridized carbons (Fsp3) is 0.259. The first-order valence-electron chi connectivity index (χ1n) is 11.3. The van der Waals surface area contributed by atoms with Crippen LogP contribution in [0.1, 0.15) is 39.4 Å². The van der Waals surface area contributed by atoms with Crippen LogP contribution < -0.4 is 5.32 Å². The summed E-state index contributed by atoms with van der Waals surface area (Å²) in [5, 5.41) is 3.04. The number of amides is 1. The Bertz CT molecular complexity index is 1220. The summed E-state index contributed by atoms with van der Waals surface area (Å²) in [6, 6.07) is 24.2. The Morgan fingerprint density at radius 3 is 2.69 bits per heavy atom. The first-order valence-corrected chi connectivity index (χ1v) is 11.3. The fourth-order valence-electron chi connectivity index (χ4n) is 4.31. The topological polar surface area (TPSA) is 58.4 Å². The van der Waals surface area contributed by atoms with Crippen molar-refractivity contribution in [3.8, 4) is 0 Å². The monoisotopic (exact) mass is 425 g/mol. The molecule has 1 amide bonds. The molecule has 0 radical (unpaired) electrons. The molecule has 0 saturated carbocycles. The lowest BCUT2D eigenvalue weighted by Crippen LogP contribution is -2.33. The van der Waals surface area contributed by atoms with Crippen molar-refractivity contribution in [3.63, 3.8) is 0 Å². The summed E-state index contributed by atoms with van der Waals surface area (Å²) in [5.74, 6) is 0.587. The molecule has 5 nitrogen and oxygen atoms in total. The summed E-state index contributed by atoms with van der Waals surface area (Å²) in [7, 11) is 0. The number of nitrogens with zero attached hydrogens (tertiary/aromatic N) is 2. The fourth-order valence-corrected chi connectivity index (χ4v) is 4.31. The van der Waals surface area contributed by atoms with Gasteiger partial charge in [0.1, 0.15) is 5.52 Å². The van der Waals surface area contributed by atoms with Crippen LogP contribution in [-0.4, -0.2) is 35.4 Å². The molecule has 0 unspecified atom stereocenters. The van der Waals surface area contributed by atoms with Crippen LogP contribution in [0.15, 0.2) is 77.2 Å². The van der Waals surface area contributed by atoms with E-state index in [2.05, 4.69) is 51.6 Å². The number of nitrogens with one attached hydrogen (secondary N) is 1. The molecule has 2 heterocycles. The zero-order valence-corrected chi connectivity index (χ0v) is 18.1. The van der Waals surface area contributed by atoms with Gasteiger partial charge in [-0.1, -0.05) is 54.6 Å². The van der Waals surface area contributed by atoms with Gasteiger partial charge in [0, 0.05) is 38.2 Å². The molecule has 1 aromatic heterocycles. The van der Waals surface area contributed by atoms with E-state index in [0.717, 1.165) is 43.6 Å². The van der Waals surface area contributed by atoms with Crippen molar-refractivity contribution in [1.29, 1.82) is 0 Å². The van der Waals surface area contributed by atoms with Gasteiger partial charge in [-0.15, -0.1) is 0 Å². The van der Waals surface area contributed by atoms with E-state index < -0.39 is 0 Å². The standard InChI is InChI=1S/C27H27N3O2/c31-27(28-14-6-15-30-16-13-21-9-4-5-10-23(21)19-30)22-11-12-24-25(18-22)32-26(29-24)17-20-7-2-1-3-8-20/h1-5,7-12,18H,6,13-17,19H2,(H,28,31). The highest BCUT2D eigenvalue weighted by atomic mass is 16.3. The number of rotatable bonds is 7. The number of carbonyl (C=O) groups is 1. The minimum atomic E-state index is -0.0723. The van der Waals surface area contributed by atoms with Gasteiger partial charge in [0.2, 0.25) is 0 Å². The second kappa shape index (κ2) is 9.37. The summed E-state index contributed by atoms with van der Waals surface area (Å²) >= 11 is 0. The predicted octanol–water partition coefficient (Wildman–Crippen LogP) is 4.60. The molecule has 4 aromatic rings. The Labute approximate surface area is 188 Å². The summed E-state index contributed by atoms with van der Waals surface area (Å²) in [6.07, 6.45) is 2.67. The number of hydrogen-bond donors (Lipinski definition) is 1. The molecule has 0 fully saturated rings. The predicted molar refractivity (Wildman–Crippen MR) is 126 cm³/mol. The third-order valence-corrected chi connectivity index (χ3v) is 6.04. The van der Waals surface area contributed by atoms with E-state index >= 15 is 0 Å². The average molecular weight is 426 g/mol. The SMILES string of the molecule is O=C(NCCCN1CCc2ccccc2C1)c1ccc2nc(Cc3ccccc3)oc2c1. The highest BCUT2D eigenvalue weighted by Gasteiger charge is 2.15. The number of aromatic nitrogens is 1. The van der Waals surface area contributed by atoms with Crippen molar-refractivity contribution in [2.45, 2.75) is 25.8 Å². The Balaban J connectivity index is 1.13. The molecule has 3 aromatic carbocycles. The largest absolute Gasteiger partial charge is 0.440 e. The zero-order chi connectivity index (χ0) is 21.8. The summed E-state index contributed by atoms with van der Waals surface area (Å²) < 4.78 is 5.90. The van der Waals surface area contributed by atoms with Crippen LogP contribution in [0.3, 0.4) is 0 Å². The molecule has 0 spiro atoms. The Kier molecular flexibility index (Phi) is 5.99. The van der Waals surface area contributed by atoms with Gasteiger partial charge in [0.15, 0.2) is 11.5 Å². The molecule has 1 aliphatic rings. The van der Waals surface area contributed by atoms with E-state index in [1.807, 2.05) is 30.3 Å². The third-order valence-electron chi connectivity index (χ3n) is 6.04. The molecule has 0 bridgehead atoms. The van der Waals surface area contributed by atoms with Gasteiger partial charge in [0.25, 0.3) is 5.91 Å². The van der Waals surface area contributed by atoms with Crippen molar-refractivity contribution in [1.82, 2.24) is 15.2 Å². The van der Waals surface area contributed by atoms with Gasteiger partial charge < -0.3 is 9.73 Å². The van der Waals surface area contributed by atoms with Gasteiger partial charge >= 0.3 is 0 Å². The highest BCUT2D eigenvalue weighted by molar-refractivity contribution is 5.97. The van der Waals surface area contributed by atoms with E-state index in [0.29, 0.717) is 30.0 Å². The molecule has 32 heavy (non-hydrogen) atoms. The lowest BCUT2D eigenvalue weighted by molar-refractivity contribution is 0.0951. The number of oxazole rings is 1. The van der Waals surface area contributed by atoms with E-state index in [1.54, 1.807) is 6.07 Å². The molecule has 0 aliphatic carbocycles. The molecule has 1 N–H and O–H groups in total. The number of carbonyl (C=O) groups excluding carboxylic acids is 1. The number of fused-ring (bicyclic) bond motifs is 2. The minimum Gasteiger partial charge on any atom is -0.440 e. The van der Waals surface area contributed by atoms with E-state index in [4.69, 9.17) is 4.42 Å². The smallest absolute Gasteiger partial charge is 0.251 e. The van der Waals surface area contributed by atoms with Crippen molar-refractivity contribution >= 4 is 17.0 Å². The molecule has 0 saturated heterocycles. The molecule has 5 rings (SSSR count). The van der Waals surface area contributed by atoms with Crippen molar-refractivity contribution in [3.05, 3.63) is 101 Å². The summed E-state index contributed by atoms with van der Waals surface area (Å²) in [6.45, 7) is 3.72. The first-order chi connectivity index (χ1) is 15.7. The van der Waals surface area contributed by atoms with E-state index in [1.165, 1.54) is 11.1 Å². The normalized spacial score (nSPS) is 13.8. The number of benzene rings is 3. The van der Waals surface area contributed by atoms with Crippen LogP contribution in [0.25, 0.3) is 11.1 Å². The van der Waals surface area contributed by atoms with Crippen molar-refractivity contribution in [2.75, 3.05) is 19.6 Å². The average Bonchev–Trinajstić information content (AvgIpc) is 3.23. The van der Waals surface area contributed by atoms with Gasteiger partial charge in [-0.25, -0.2) is 4.98 Å². The Morgan fingerprint density at radius 2 is 1.81 bits per heavy atom. The number of hydrogen-bond acceptors (Lipinski definition) is 4. The second-order valence-electron chi connectivity index (χ2n) is 8.36. The maximum absolute atomic E-state index is 12.6. The molecular weight excluding hydrogens is 398 g/mol. The van der Waals surface area contributed by atoms with Gasteiger partial charge in [-0.2, -0.15) is 0 Å². The first kappa shape index (κ1) is 20.5. The van der Waals surface area contributed by atoms with Crippen LogP contribution in [0.2, 0.25) is 0 Å². The lowest BCUT2D eigenvalue weighted by atomic mass is 10.00. The summed E-state index contributed by atoms with van der Waals surface area (Å²) in [4.78, 5) is 19.6. The van der Waals surface area contributed by atoms with E-state index in [-0.39, 0.29) is 5.91 Å². The minimum absolute atomic E-state index is 0.0723. The molecule has 5 heteroatoms. The Morgan fingerprint density at radius 1 is 1.00 bits per heavy atom. The highest BCUT2D eigenvalue weighted by Crippen LogP contribution is 2.20. The van der Waals surface area contributed by atoms with Crippen LogP contribution in [0.4, 0.5) is 0 Å². The van der Waals surface area contributed by atoms with Crippen LogP contribution >= 0.6 is 0 Å². The van der Waals surface area contributed by atoms with Crippen LogP contribution in [0.5, 0.6) is 0 Å². The molecule has 1 aliphatic heterocycles. The molecular formula is C27H27N3O2. The van der Waals surface area contributed by atoms with E-state index in [9.17, 15) is 4.79 Å². The van der Waals surface area contributed by atoms with Crippen LogP contribution in [-0.2, 0) is 19.4 Å². The van der Waals surface area contributed by atoms with Crippen molar-refractivity contribution in [2.24, 2.45) is 0 Å². The Hall–Kier alpha value is -3.44. The maximum atomic E-state index is 12.6. The van der Waals surface area contributed by atoms with Crippen LogP contribution in [0, 0.1) is 0 Å². The van der Waals surface area contributed by atoms with Crippen molar-refractivity contribution < 1.29 is 9.21 Å². The maximum Gasteiger partial charge on any atom is 0.251 e. The second-order valence-corrected chi connectivity index (χ2v) is 8.36. The molecule has 0 atom stereocenters. The van der Waals surface area contributed by atoms with Gasteiger partial charge in [0.05, 0.1) is 0 Å². The zero-order valence-electron chi connectivity index (χ0n) is 18.1. The lowest BCUT2D eigenvalue weighted by Gasteiger charge is -2.28. The summed E-state index contributed by atoms with van der Waals surface area (Å²) in [5.41, 5.74) is 6.07. The molecule has 162 valence electrons.